The Labute approximate surface area is 146 Å². The fraction of sp³-hybridized carbons (Fsp3) is 0.333. The van der Waals surface area contributed by atoms with E-state index in [1.807, 2.05) is 18.2 Å². The predicted octanol–water partition coefficient (Wildman–Crippen LogP) is 2.92. The van der Waals surface area contributed by atoms with E-state index in [2.05, 4.69) is 25.9 Å². The molecule has 0 aliphatic carbocycles. The van der Waals surface area contributed by atoms with Gasteiger partial charge in [-0.25, -0.2) is 13.8 Å². The van der Waals surface area contributed by atoms with E-state index in [0.717, 1.165) is 43.9 Å². The molecule has 1 heterocycles. The van der Waals surface area contributed by atoms with Gasteiger partial charge in [0.1, 0.15) is 17.5 Å². The first-order valence-corrected chi connectivity index (χ1v) is 8.22. The van der Waals surface area contributed by atoms with Gasteiger partial charge in [-0.1, -0.05) is 6.07 Å². The second-order valence-corrected chi connectivity index (χ2v) is 5.44. The molecule has 0 aliphatic heterocycles. The summed E-state index contributed by atoms with van der Waals surface area (Å²) in [6, 6.07) is 9.15. The Bertz CT molecular complexity index is 676. The summed E-state index contributed by atoms with van der Waals surface area (Å²) in [7, 11) is 1.64. The molecular weight excluding hydrogens is 324 g/mol. The highest BCUT2D eigenvalue weighted by Gasteiger charge is 2.05. The van der Waals surface area contributed by atoms with Crippen LogP contribution < -0.4 is 16.0 Å². The van der Waals surface area contributed by atoms with Crippen molar-refractivity contribution in [3.63, 3.8) is 0 Å². The maximum Gasteiger partial charge on any atom is 0.191 e. The van der Waals surface area contributed by atoms with E-state index in [-0.39, 0.29) is 12.1 Å². The lowest BCUT2D eigenvalue weighted by Gasteiger charge is -2.12. The molecule has 5 nitrogen and oxygen atoms in total. The first kappa shape index (κ1) is 18.6. The molecule has 1 aromatic heterocycles. The molecule has 0 saturated carbocycles. The van der Waals surface area contributed by atoms with Crippen molar-refractivity contribution in [3.8, 4) is 0 Å². The number of aromatic nitrogens is 1. The van der Waals surface area contributed by atoms with Crippen LogP contribution in [0, 0.1) is 11.6 Å². The van der Waals surface area contributed by atoms with Gasteiger partial charge in [0, 0.05) is 38.4 Å². The molecule has 7 heteroatoms. The zero-order valence-corrected chi connectivity index (χ0v) is 14.2. The minimum atomic E-state index is -0.457. The molecule has 0 bridgehead atoms. The van der Waals surface area contributed by atoms with Crippen molar-refractivity contribution < 1.29 is 8.78 Å². The van der Waals surface area contributed by atoms with E-state index in [1.54, 1.807) is 13.2 Å². The largest absolute Gasteiger partial charge is 0.370 e. The normalized spacial score (nSPS) is 11.2. The molecule has 1 aromatic carbocycles. The minimum Gasteiger partial charge on any atom is -0.370 e. The summed E-state index contributed by atoms with van der Waals surface area (Å²) >= 11 is 0. The second-order valence-electron chi connectivity index (χ2n) is 5.44. The number of aliphatic imine (C=N–C) groups is 1. The van der Waals surface area contributed by atoms with Crippen LogP contribution in [0.15, 0.2) is 47.6 Å². The van der Waals surface area contributed by atoms with Gasteiger partial charge in [-0.3, -0.25) is 4.99 Å². The number of pyridine rings is 1. The summed E-state index contributed by atoms with van der Waals surface area (Å²) in [5.41, 5.74) is 0.266. The van der Waals surface area contributed by atoms with Crippen molar-refractivity contribution in [2.24, 2.45) is 4.99 Å². The summed E-state index contributed by atoms with van der Waals surface area (Å²) < 4.78 is 26.7. The Morgan fingerprint density at radius 1 is 1.08 bits per heavy atom. The molecule has 0 fully saturated rings. The zero-order valence-electron chi connectivity index (χ0n) is 14.2. The fourth-order valence-electron chi connectivity index (χ4n) is 2.22. The van der Waals surface area contributed by atoms with Gasteiger partial charge in [0.15, 0.2) is 5.96 Å². The molecule has 0 radical (unpaired) electrons. The van der Waals surface area contributed by atoms with Crippen molar-refractivity contribution in [1.82, 2.24) is 15.6 Å². The highest BCUT2D eigenvalue weighted by molar-refractivity contribution is 5.79. The van der Waals surface area contributed by atoms with E-state index in [9.17, 15) is 8.78 Å². The molecule has 25 heavy (non-hydrogen) atoms. The lowest BCUT2D eigenvalue weighted by molar-refractivity contribution is 0.581. The van der Waals surface area contributed by atoms with Crippen LogP contribution in [-0.4, -0.2) is 31.1 Å². The summed E-state index contributed by atoms with van der Waals surface area (Å²) in [4.78, 5) is 8.26. The Morgan fingerprint density at radius 2 is 1.92 bits per heavy atom. The van der Waals surface area contributed by atoms with Crippen LogP contribution in [0.4, 0.5) is 14.6 Å². The number of guanidine groups is 1. The predicted molar refractivity (Wildman–Crippen MR) is 96.5 cm³/mol. The van der Waals surface area contributed by atoms with Crippen molar-refractivity contribution in [2.45, 2.75) is 19.4 Å². The van der Waals surface area contributed by atoms with Gasteiger partial charge in [0.25, 0.3) is 0 Å². The molecular formula is C18H23F2N5. The maximum absolute atomic E-state index is 13.6. The molecule has 0 aliphatic rings. The third-order valence-corrected chi connectivity index (χ3v) is 3.54. The number of nitrogens with one attached hydrogen (secondary N) is 3. The smallest absolute Gasteiger partial charge is 0.191 e. The molecule has 0 spiro atoms. The first-order valence-electron chi connectivity index (χ1n) is 8.22. The summed E-state index contributed by atoms with van der Waals surface area (Å²) in [5.74, 6) is 0.526. The van der Waals surface area contributed by atoms with Crippen LogP contribution in [0.1, 0.15) is 18.4 Å². The lowest BCUT2D eigenvalue weighted by Crippen LogP contribution is -2.37. The molecule has 3 N–H and O–H groups in total. The van der Waals surface area contributed by atoms with Gasteiger partial charge in [0.05, 0.1) is 0 Å². The van der Waals surface area contributed by atoms with Crippen LogP contribution in [0.3, 0.4) is 0 Å². The lowest BCUT2D eigenvalue weighted by atomic mass is 10.2. The number of rotatable bonds is 8. The number of anilines is 1. The van der Waals surface area contributed by atoms with Gasteiger partial charge in [-0.05, 0) is 43.2 Å². The molecule has 0 saturated heterocycles. The van der Waals surface area contributed by atoms with Crippen molar-refractivity contribution in [2.75, 3.05) is 25.5 Å². The highest BCUT2D eigenvalue weighted by atomic mass is 19.1. The number of benzene rings is 1. The molecule has 0 amide bonds. The van der Waals surface area contributed by atoms with Gasteiger partial charge in [-0.2, -0.15) is 0 Å². The quantitative estimate of drug-likeness (QED) is 0.390. The van der Waals surface area contributed by atoms with Crippen molar-refractivity contribution in [1.29, 1.82) is 0 Å². The standard InChI is InChI=1S/C18H23F2N5/c1-21-18(25-13-14-12-15(19)7-8-16(14)20)24-11-5-4-10-23-17-6-2-3-9-22-17/h2-3,6-9,12H,4-5,10-11,13H2,1H3,(H,22,23)(H2,21,24,25). The van der Waals surface area contributed by atoms with Gasteiger partial charge < -0.3 is 16.0 Å². The summed E-state index contributed by atoms with van der Waals surface area (Å²) in [6.07, 6.45) is 3.66. The van der Waals surface area contributed by atoms with Crippen LogP contribution in [0.25, 0.3) is 0 Å². The number of halogens is 2. The number of unbranched alkanes of at least 4 members (excludes halogenated alkanes) is 1. The van der Waals surface area contributed by atoms with E-state index in [4.69, 9.17) is 0 Å². The number of hydrogen-bond donors (Lipinski definition) is 3. The van der Waals surface area contributed by atoms with E-state index < -0.39 is 11.6 Å². The van der Waals surface area contributed by atoms with Crippen LogP contribution in [-0.2, 0) is 6.54 Å². The summed E-state index contributed by atoms with van der Waals surface area (Å²) in [6.45, 7) is 1.74. The first-order chi connectivity index (χ1) is 12.2. The average molecular weight is 347 g/mol. The van der Waals surface area contributed by atoms with Gasteiger partial charge in [0.2, 0.25) is 0 Å². The van der Waals surface area contributed by atoms with Crippen molar-refractivity contribution >= 4 is 11.8 Å². The average Bonchev–Trinajstić information content (AvgIpc) is 2.64. The van der Waals surface area contributed by atoms with Crippen LogP contribution in [0.5, 0.6) is 0 Å². The fourth-order valence-corrected chi connectivity index (χ4v) is 2.22. The summed E-state index contributed by atoms with van der Waals surface area (Å²) in [5, 5.41) is 9.37. The van der Waals surface area contributed by atoms with Crippen molar-refractivity contribution in [3.05, 3.63) is 59.8 Å². The molecule has 0 atom stereocenters. The Hall–Kier alpha value is -2.70. The minimum absolute atomic E-state index is 0.171. The zero-order chi connectivity index (χ0) is 17.9. The molecule has 0 unspecified atom stereocenters. The monoisotopic (exact) mass is 347 g/mol. The van der Waals surface area contributed by atoms with Gasteiger partial charge in [-0.15, -0.1) is 0 Å². The second kappa shape index (κ2) is 10.2. The highest BCUT2D eigenvalue weighted by Crippen LogP contribution is 2.09. The maximum atomic E-state index is 13.6. The molecule has 2 aromatic rings. The Balaban J connectivity index is 1.62. The van der Waals surface area contributed by atoms with Crippen LogP contribution >= 0.6 is 0 Å². The van der Waals surface area contributed by atoms with E-state index in [1.165, 1.54) is 6.07 Å². The SMILES string of the molecule is CN=C(NCCCCNc1ccccn1)NCc1cc(F)ccc1F. The van der Waals surface area contributed by atoms with Gasteiger partial charge >= 0.3 is 0 Å². The third-order valence-electron chi connectivity index (χ3n) is 3.54. The Morgan fingerprint density at radius 3 is 2.68 bits per heavy atom. The Kier molecular flexibility index (Phi) is 7.62. The number of nitrogens with zero attached hydrogens (tertiary/aromatic N) is 2. The number of hydrogen-bond acceptors (Lipinski definition) is 3. The molecule has 2 rings (SSSR count). The molecule has 134 valence electrons. The van der Waals surface area contributed by atoms with E-state index in [0.29, 0.717) is 5.96 Å². The van der Waals surface area contributed by atoms with E-state index >= 15 is 0 Å². The topological polar surface area (TPSA) is 61.3 Å². The van der Waals surface area contributed by atoms with Crippen LogP contribution in [0.2, 0.25) is 0 Å². The third kappa shape index (κ3) is 6.74.